The Kier molecular flexibility index (Phi) is 6.27. The lowest BCUT2D eigenvalue weighted by atomic mass is 10.2. The highest BCUT2D eigenvalue weighted by molar-refractivity contribution is 9.10. The number of benzene rings is 1. The maximum Gasteiger partial charge on any atom is 0.133 e. The monoisotopic (exact) mass is 321 g/mol. The van der Waals surface area contributed by atoms with E-state index in [2.05, 4.69) is 33.0 Å². The number of ether oxygens (including phenoxy) is 2. The van der Waals surface area contributed by atoms with Crippen LogP contribution in [-0.2, 0) is 11.3 Å². The third-order valence-corrected chi connectivity index (χ3v) is 3.35. The highest BCUT2D eigenvalue weighted by Crippen LogP contribution is 2.26. The van der Waals surface area contributed by atoms with E-state index in [1.807, 2.05) is 6.07 Å². The molecular formula is C12H17BrClNO2. The van der Waals surface area contributed by atoms with Gasteiger partial charge < -0.3 is 9.47 Å². The molecule has 2 rings (SSSR count). The number of methoxy groups -OCH3 is 1. The molecule has 1 saturated heterocycles. The Bertz CT molecular complexity index is 356. The van der Waals surface area contributed by atoms with Gasteiger partial charge in [0.15, 0.2) is 0 Å². The fraction of sp³-hybridized carbons (Fsp3) is 0.500. The fourth-order valence-corrected chi connectivity index (χ4v) is 2.41. The zero-order chi connectivity index (χ0) is 11.4. The molecule has 0 N–H and O–H groups in total. The summed E-state index contributed by atoms with van der Waals surface area (Å²) in [7, 11) is 1.68. The lowest BCUT2D eigenvalue weighted by Crippen LogP contribution is -2.35. The minimum Gasteiger partial charge on any atom is -0.496 e. The number of nitrogens with zero attached hydrogens (tertiary/aromatic N) is 1. The summed E-state index contributed by atoms with van der Waals surface area (Å²) in [5.74, 6) is 0.880. The second-order valence-corrected chi connectivity index (χ2v) is 4.71. The van der Waals surface area contributed by atoms with Gasteiger partial charge in [-0.2, -0.15) is 0 Å². The van der Waals surface area contributed by atoms with Crippen LogP contribution in [0.3, 0.4) is 0 Å². The number of hydrogen-bond acceptors (Lipinski definition) is 3. The van der Waals surface area contributed by atoms with E-state index in [9.17, 15) is 0 Å². The molecule has 0 saturated carbocycles. The van der Waals surface area contributed by atoms with Crippen LogP contribution in [0.2, 0.25) is 0 Å². The van der Waals surface area contributed by atoms with Crippen LogP contribution in [0.25, 0.3) is 0 Å². The third kappa shape index (κ3) is 4.14. The first-order valence-electron chi connectivity index (χ1n) is 5.42. The van der Waals surface area contributed by atoms with Gasteiger partial charge in [0.05, 0.1) is 24.8 Å². The molecule has 0 bridgehead atoms. The van der Waals surface area contributed by atoms with Crippen molar-refractivity contribution in [2.45, 2.75) is 6.54 Å². The summed E-state index contributed by atoms with van der Waals surface area (Å²) in [6.07, 6.45) is 0. The minimum atomic E-state index is 0. The molecular weight excluding hydrogens is 305 g/mol. The van der Waals surface area contributed by atoms with E-state index >= 15 is 0 Å². The normalized spacial score (nSPS) is 16.4. The van der Waals surface area contributed by atoms with Crippen LogP contribution in [-0.4, -0.2) is 38.3 Å². The van der Waals surface area contributed by atoms with Crippen molar-refractivity contribution in [2.24, 2.45) is 0 Å². The predicted molar refractivity (Wildman–Crippen MR) is 74.0 cm³/mol. The van der Waals surface area contributed by atoms with Crippen molar-refractivity contribution in [1.29, 1.82) is 0 Å². The van der Waals surface area contributed by atoms with Crippen LogP contribution < -0.4 is 4.74 Å². The summed E-state index contributed by atoms with van der Waals surface area (Å²) >= 11 is 3.50. The van der Waals surface area contributed by atoms with Crippen LogP contribution in [0, 0.1) is 0 Å². The molecule has 0 aliphatic carbocycles. The van der Waals surface area contributed by atoms with Crippen molar-refractivity contribution in [3.63, 3.8) is 0 Å². The summed E-state index contributed by atoms with van der Waals surface area (Å²) in [6.45, 7) is 4.70. The third-order valence-electron chi connectivity index (χ3n) is 2.73. The molecule has 0 unspecified atom stereocenters. The minimum absolute atomic E-state index is 0. The van der Waals surface area contributed by atoms with Crippen LogP contribution >= 0.6 is 28.3 Å². The molecule has 1 aromatic rings. The van der Waals surface area contributed by atoms with E-state index in [4.69, 9.17) is 9.47 Å². The fourth-order valence-electron chi connectivity index (χ4n) is 1.83. The Morgan fingerprint density at radius 2 is 2.06 bits per heavy atom. The van der Waals surface area contributed by atoms with Crippen molar-refractivity contribution >= 4 is 28.3 Å². The molecule has 0 spiro atoms. The molecule has 0 atom stereocenters. The summed E-state index contributed by atoms with van der Waals surface area (Å²) < 4.78 is 11.6. The zero-order valence-corrected chi connectivity index (χ0v) is 12.2. The summed E-state index contributed by atoms with van der Waals surface area (Å²) in [6, 6.07) is 6.23. The van der Waals surface area contributed by atoms with E-state index in [0.717, 1.165) is 43.1 Å². The van der Waals surface area contributed by atoms with Crippen molar-refractivity contribution < 1.29 is 9.47 Å². The van der Waals surface area contributed by atoms with E-state index in [1.165, 1.54) is 5.56 Å². The molecule has 17 heavy (non-hydrogen) atoms. The van der Waals surface area contributed by atoms with Crippen molar-refractivity contribution in [3.05, 3.63) is 28.2 Å². The van der Waals surface area contributed by atoms with Crippen LogP contribution in [0.5, 0.6) is 5.75 Å². The Hall–Kier alpha value is -0.290. The second kappa shape index (κ2) is 7.21. The van der Waals surface area contributed by atoms with E-state index in [1.54, 1.807) is 7.11 Å². The molecule has 0 aromatic heterocycles. The summed E-state index contributed by atoms with van der Waals surface area (Å²) in [5.41, 5.74) is 1.30. The SMILES string of the molecule is COc1ccc(CN2CCOCC2)cc1Br.Cl. The molecule has 1 heterocycles. The average Bonchev–Trinajstić information content (AvgIpc) is 2.31. The largest absolute Gasteiger partial charge is 0.496 e. The average molecular weight is 323 g/mol. The van der Waals surface area contributed by atoms with E-state index < -0.39 is 0 Å². The predicted octanol–water partition coefficient (Wildman–Crippen LogP) is 2.71. The van der Waals surface area contributed by atoms with Crippen LogP contribution in [0.15, 0.2) is 22.7 Å². The maximum atomic E-state index is 5.33. The van der Waals surface area contributed by atoms with E-state index in [0.29, 0.717) is 0 Å². The Morgan fingerprint density at radius 3 is 2.65 bits per heavy atom. The van der Waals surface area contributed by atoms with Gasteiger partial charge in [0, 0.05) is 19.6 Å². The Balaban J connectivity index is 0.00000144. The van der Waals surface area contributed by atoms with Gasteiger partial charge in [-0.1, -0.05) is 6.07 Å². The first-order chi connectivity index (χ1) is 7.79. The molecule has 1 fully saturated rings. The van der Waals surface area contributed by atoms with Crippen LogP contribution in [0.4, 0.5) is 0 Å². The van der Waals surface area contributed by atoms with Gasteiger partial charge >= 0.3 is 0 Å². The highest BCUT2D eigenvalue weighted by atomic mass is 79.9. The van der Waals surface area contributed by atoms with Gasteiger partial charge in [0.2, 0.25) is 0 Å². The number of halogens is 2. The molecule has 0 amide bonds. The standard InChI is InChI=1S/C12H16BrNO2.ClH/c1-15-12-3-2-10(8-11(12)13)9-14-4-6-16-7-5-14;/h2-3,8H,4-7,9H2,1H3;1H. The second-order valence-electron chi connectivity index (χ2n) is 3.86. The van der Waals surface area contributed by atoms with Gasteiger partial charge in [0.25, 0.3) is 0 Å². The van der Waals surface area contributed by atoms with Crippen molar-refractivity contribution in [1.82, 2.24) is 4.90 Å². The van der Waals surface area contributed by atoms with Gasteiger partial charge in [-0.25, -0.2) is 0 Å². The number of morpholine rings is 1. The van der Waals surface area contributed by atoms with Gasteiger partial charge in [-0.3, -0.25) is 4.90 Å². The van der Waals surface area contributed by atoms with Gasteiger partial charge in [-0.15, -0.1) is 12.4 Å². The van der Waals surface area contributed by atoms with Crippen LogP contribution in [0.1, 0.15) is 5.56 Å². The number of rotatable bonds is 3. The lowest BCUT2D eigenvalue weighted by molar-refractivity contribution is 0.0342. The van der Waals surface area contributed by atoms with E-state index in [-0.39, 0.29) is 12.4 Å². The molecule has 5 heteroatoms. The molecule has 1 aliphatic heterocycles. The molecule has 96 valence electrons. The molecule has 1 aliphatic rings. The summed E-state index contributed by atoms with van der Waals surface area (Å²) in [4.78, 5) is 2.40. The maximum absolute atomic E-state index is 5.33. The molecule has 0 radical (unpaired) electrons. The molecule has 3 nitrogen and oxygen atoms in total. The van der Waals surface area contributed by atoms with Gasteiger partial charge in [-0.05, 0) is 33.6 Å². The first kappa shape index (κ1) is 14.8. The first-order valence-corrected chi connectivity index (χ1v) is 6.21. The zero-order valence-electron chi connectivity index (χ0n) is 9.82. The smallest absolute Gasteiger partial charge is 0.133 e. The highest BCUT2D eigenvalue weighted by Gasteiger charge is 2.11. The summed E-state index contributed by atoms with van der Waals surface area (Å²) in [5, 5.41) is 0. The van der Waals surface area contributed by atoms with Gasteiger partial charge in [0.1, 0.15) is 5.75 Å². The number of hydrogen-bond donors (Lipinski definition) is 0. The molecule has 1 aromatic carbocycles. The quantitative estimate of drug-likeness (QED) is 0.854. The lowest BCUT2D eigenvalue weighted by Gasteiger charge is -2.26. The Morgan fingerprint density at radius 1 is 1.35 bits per heavy atom. The Labute approximate surface area is 117 Å². The van der Waals surface area contributed by atoms with Crippen molar-refractivity contribution in [3.8, 4) is 5.75 Å². The topological polar surface area (TPSA) is 21.7 Å². The van der Waals surface area contributed by atoms with Crippen molar-refractivity contribution in [2.75, 3.05) is 33.4 Å².